The first-order valence-corrected chi connectivity index (χ1v) is 4.24. The molecule has 0 fully saturated rings. The van der Waals surface area contributed by atoms with Gasteiger partial charge in [0.2, 0.25) is 0 Å². The van der Waals surface area contributed by atoms with Crippen molar-refractivity contribution < 1.29 is 0 Å². The zero-order chi connectivity index (χ0) is 9.19. The molecule has 0 unspecified atom stereocenters. The van der Waals surface area contributed by atoms with Crippen molar-refractivity contribution in [3.8, 4) is 0 Å². The van der Waals surface area contributed by atoms with Crippen LogP contribution in [0.25, 0.3) is 0 Å². The van der Waals surface area contributed by atoms with E-state index in [1.54, 1.807) is 6.33 Å². The molecule has 0 amide bonds. The molecule has 0 saturated heterocycles. The van der Waals surface area contributed by atoms with E-state index >= 15 is 0 Å². The smallest absolute Gasteiger partial charge is 0.115 e. The van der Waals surface area contributed by atoms with Crippen LogP contribution in [0.2, 0.25) is 0 Å². The lowest BCUT2D eigenvalue weighted by Gasteiger charge is -2.18. The van der Waals surface area contributed by atoms with Gasteiger partial charge in [0.1, 0.15) is 6.33 Å². The maximum Gasteiger partial charge on any atom is 0.115 e. The second-order valence-electron chi connectivity index (χ2n) is 4.39. The summed E-state index contributed by atoms with van der Waals surface area (Å²) in [5.41, 5.74) is 2.66. The average Bonchev–Trinajstić information content (AvgIpc) is 1.91. The molecule has 0 aromatic carbocycles. The number of hydrogen-bond donors (Lipinski definition) is 0. The van der Waals surface area contributed by atoms with Gasteiger partial charge in [-0.05, 0) is 24.3 Å². The highest BCUT2D eigenvalue weighted by Gasteiger charge is 2.13. The molecule has 66 valence electrons. The largest absolute Gasteiger partial charge is 0.245 e. The van der Waals surface area contributed by atoms with Gasteiger partial charge < -0.3 is 0 Å². The Morgan fingerprint density at radius 1 is 1.33 bits per heavy atom. The molecule has 0 N–H and O–H groups in total. The summed E-state index contributed by atoms with van der Waals surface area (Å²) in [6.45, 7) is 8.71. The highest BCUT2D eigenvalue weighted by atomic mass is 14.8. The first-order chi connectivity index (χ1) is 5.49. The van der Waals surface area contributed by atoms with Gasteiger partial charge in [-0.1, -0.05) is 20.8 Å². The topological polar surface area (TPSA) is 25.8 Å². The van der Waals surface area contributed by atoms with Crippen molar-refractivity contribution in [2.75, 3.05) is 0 Å². The summed E-state index contributed by atoms with van der Waals surface area (Å²) in [5.74, 6) is 0. The molecule has 2 nitrogen and oxygen atoms in total. The second-order valence-corrected chi connectivity index (χ2v) is 4.39. The van der Waals surface area contributed by atoms with Gasteiger partial charge in [-0.3, -0.25) is 0 Å². The summed E-state index contributed by atoms with van der Waals surface area (Å²) in [7, 11) is 0. The van der Waals surface area contributed by atoms with E-state index in [1.165, 1.54) is 5.56 Å². The quantitative estimate of drug-likeness (QED) is 0.637. The van der Waals surface area contributed by atoms with Crippen LogP contribution in [0.3, 0.4) is 0 Å². The third-order valence-electron chi connectivity index (χ3n) is 1.70. The maximum absolute atomic E-state index is 4.25. The third kappa shape index (κ3) is 2.61. The molecule has 0 saturated carbocycles. The van der Waals surface area contributed by atoms with Crippen LogP contribution in [0.4, 0.5) is 0 Å². The zero-order valence-corrected chi connectivity index (χ0v) is 8.26. The molecular formula is C10H16N2. The molecule has 1 rings (SSSR count). The van der Waals surface area contributed by atoms with Gasteiger partial charge in [0.05, 0.1) is 0 Å². The van der Waals surface area contributed by atoms with Gasteiger partial charge in [-0.25, -0.2) is 9.97 Å². The molecule has 12 heavy (non-hydrogen) atoms. The summed E-state index contributed by atoms with van der Waals surface area (Å²) >= 11 is 0. The third-order valence-corrected chi connectivity index (χ3v) is 1.70. The average molecular weight is 164 g/mol. The highest BCUT2D eigenvalue weighted by molar-refractivity contribution is 5.14. The molecule has 0 aliphatic carbocycles. The van der Waals surface area contributed by atoms with Crippen LogP contribution in [0.5, 0.6) is 0 Å². The van der Waals surface area contributed by atoms with Crippen LogP contribution in [0, 0.1) is 12.3 Å². The molecule has 2 heteroatoms. The minimum Gasteiger partial charge on any atom is -0.245 e. The summed E-state index contributed by atoms with van der Waals surface area (Å²) in [6, 6.07) is 0. The minimum absolute atomic E-state index is 0.305. The Kier molecular flexibility index (Phi) is 2.46. The summed E-state index contributed by atoms with van der Waals surface area (Å²) < 4.78 is 0. The summed E-state index contributed by atoms with van der Waals surface area (Å²) in [5, 5.41) is 0. The Bertz CT molecular complexity index is 261. The number of rotatable bonds is 1. The van der Waals surface area contributed by atoms with Gasteiger partial charge >= 0.3 is 0 Å². The Balaban J connectivity index is 2.83. The van der Waals surface area contributed by atoms with E-state index in [4.69, 9.17) is 0 Å². The van der Waals surface area contributed by atoms with E-state index in [-0.39, 0.29) is 0 Å². The SMILES string of the molecule is Cc1cncnc1CC(C)(C)C. The molecule has 1 aromatic heterocycles. The van der Waals surface area contributed by atoms with Crippen LogP contribution < -0.4 is 0 Å². The van der Waals surface area contributed by atoms with Crippen LogP contribution >= 0.6 is 0 Å². The molecule has 0 bridgehead atoms. The van der Waals surface area contributed by atoms with E-state index in [0.717, 1.165) is 12.1 Å². The fourth-order valence-electron chi connectivity index (χ4n) is 1.11. The summed E-state index contributed by atoms with van der Waals surface area (Å²) in [4.78, 5) is 8.22. The second kappa shape index (κ2) is 3.21. The number of nitrogens with zero attached hydrogens (tertiary/aromatic N) is 2. The van der Waals surface area contributed by atoms with Crippen molar-refractivity contribution in [2.45, 2.75) is 34.1 Å². The molecule has 0 aliphatic heterocycles. The van der Waals surface area contributed by atoms with Gasteiger partial charge in [-0.2, -0.15) is 0 Å². The van der Waals surface area contributed by atoms with Crippen LogP contribution in [-0.2, 0) is 6.42 Å². The first kappa shape index (κ1) is 9.17. The van der Waals surface area contributed by atoms with Gasteiger partial charge in [0, 0.05) is 11.9 Å². The van der Waals surface area contributed by atoms with Crippen molar-refractivity contribution in [3.63, 3.8) is 0 Å². The normalized spacial score (nSPS) is 11.7. The summed E-state index contributed by atoms with van der Waals surface area (Å²) in [6.07, 6.45) is 4.50. The van der Waals surface area contributed by atoms with Gasteiger partial charge in [-0.15, -0.1) is 0 Å². The Labute approximate surface area is 74.1 Å². The molecule has 0 spiro atoms. The molecule has 0 atom stereocenters. The Morgan fingerprint density at radius 3 is 2.50 bits per heavy atom. The predicted molar refractivity (Wildman–Crippen MR) is 49.9 cm³/mol. The lowest BCUT2D eigenvalue weighted by molar-refractivity contribution is 0.405. The van der Waals surface area contributed by atoms with Crippen LogP contribution in [-0.4, -0.2) is 9.97 Å². The first-order valence-electron chi connectivity index (χ1n) is 4.24. The zero-order valence-electron chi connectivity index (χ0n) is 8.26. The lowest BCUT2D eigenvalue weighted by atomic mass is 9.89. The number of hydrogen-bond acceptors (Lipinski definition) is 2. The Hall–Kier alpha value is -0.920. The highest BCUT2D eigenvalue weighted by Crippen LogP contribution is 2.20. The number of aryl methyl sites for hydroxylation is 1. The molecule has 0 radical (unpaired) electrons. The molecule has 0 aliphatic rings. The monoisotopic (exact) mass is 164 g/mol. The molecule has 1 heterocycles. The lowest BCUT2D eigenvalue weighted by Crippen LogP contribution is -2.11. The van der Waals surface area contributed by atoms with E-state index in [2.05, 4.69) is 37.7 Å². The Morgan fingerprint density at radius 2 is 2.00 bits per heavy atom. The standard InChI is InChI=1S/C10H16N2/c1-8-6-11-7-12-9(8)5-10(2,3)4/h6-7H,5H2,1-4H3. The van der Waals surface area contributed by atoms with Gasteiger partial charge in [0.15, 0.2) is 0 Å². The predicted octanol–water partition coefficient (Wildman–Crippen LogP) is 2.37. The van der Waals surface area contributed by atoms with E-state index in [0.29, 0.717) is 5.41 Å². The van der Waals surface area contributed by atoms with Crippen LogP contribution in [0.15, 0.2) is 12.5 Å². The van der Waals surface area contributed by atoms with E-state index < -0.39 is 0 Å². The fourth-order valence-corrected chi connectivity index (χ4v) is 1.11. The van der Waals surface area contributed by atoms with Crippen LogP contribution in [0.1, 0.15) is 32.0 Å². The molecular weight excluding hydrogens is 148 g/mol. The fraction of sp³-hybridized carbons (Fsp3) is 0.600. The van der Waals surface area contributed by atoms with Crippen molar-refractivity contribution in [2.24, 2.45) is 5.41 Å². The van der Waals surface area contributed by atoms with Crippen molar-refractivity contribution >= 4 is 0 Å². The van der Waals surface area contributed by atoms with Crippen molar-refractivity contribution in [1.82, 2.24) is 9.97 Å². The number of aromatic nitrogens is 2. The van der Waals surface area contributed by atoms with E-state index in [9.17, 15) is 0 Å². The van der Waals surface area contributed by atoms with E-state index in [1.807, 2.05) is 6.20 Å². The molecule has 1 aromatic rings. The van der Waals surface area contributed by atoms with Crippen molar-refractivity contribution in [1.29, 1.82) is 0 Å². The van der Waals surface area contributed by atoms with Gasteiger partial charge in [0.25, 0.3) is 0 Å². The minimum atomic E-state index is 0.305. The van der Waals surface area contributed by atoms with Crippen molar-refractivity contribution in [3.05, 3.63) is 23.8 Å². The maximum atomic E-state index is 4.25.